The molecular weight excluding hydrogens is 188 g/mol. The Morgan fingerprint density at radius 1 is 1.27 bits per heavy atom. The number of hydrogen-bond donors (Lipinski definition) is 1. The summed E-state index contributed by atoms with van der Waals surface area (Å²) in [5.41, 5.74) is 0. The molecule has 0 bridgehead atoms. The summed E-state index contributed by atoms with van der Waals surface area (Å²) in [5.74, 6) is 0.867. The summed E-state index contributed by atoms with van der Waals surface area (Å²) in [6.07, 6.45) is 2.51. The van der Waals surface area contributed by atoms with Gasteiger partial charge in [0.05, 0.1) is 0 Å². The monoisotopic (exact) mass is 212 g/mol. The third kappa shape index (κ3) is 3.16. The summed E-state index contributed by atoms with van der Waals surface area (Å²) in [7, 11) is 0. The second-order valence-electron chi connectivity index (χ2n) is 5.17. The summed E-state index contributed by atoms with van der Waals surface area (Å²) in [5, 5.41) is 3.53. The highest BCUT2D eigenvalue weighted by atomic mass is 16.5. The standard InChI is InChI=1S/C12H24N2O/c1-10-8-14(11(2)7-13-10)9-12-3-5-15-6-4-12/h10-13H,3-9H2,1-2H3/t10-,11?/m0/s1. The maximum Gasteiger partial charge on any atom is 0.0469 e. The zero-order valence-corrected chi connectivity index (χ0v) is 10.0. The Morgan fingerprint density at radius 2 is 2.00 bits per heavy atom. The van der Waals surface area contributed by atoms with Crippen LogP contribution < -0.4 is 5.32 Å². The highest BCUT2D eigenvalue weighted by molar-refractivity contribution is 4.83. The lowest BCUT2D eigenvalue weighted by Crippen LogP contribution is -2.55. The molecule has 0 amide bonds. The van der Waals surface area contributed by atoms with Gasteiger partial charge in [-0.2, -0.15) is 0 Å². The van der Waals surface area contributed by atoms with Crippen molar-refractivity contribution in [1.82, 2.24) is 10.2 Å². The molecule has 2 fully saturated rings. The lowest BCUT2D eigenvalue weighted by atomic mass is 9.98. The molecule has 2 aliphatic heterocycles. The molecule has 15 heavy (non-hydrogen) atoms. The van der Waals surface area contributed by atoms with Crippen LogP contribution in [0.5, 0.6) is 0 Å². The Hall–Kier alpha value is -0.120. The van der Waals surface area contributed by atoms with Crippen LogP contribution in [0.1, 0.15) is 26.7 Å². The summed E-state index contributed by atoms with van der Waals surface area (Å²) >= 11 is 0. The molecule has 2 heterocycles. The van der Waals surface area contributed by atoms with E-state index >= 15 is 0 Å². The first kappa shape index (κ1) is 11.4. The van der Waals surface area contributed by atoms with Gasteiger partial charge in [-0.05, 0) is 32.6 Å². The Morgan fingerprint density at radius 3 is 2.73 bits per heavy atom. The van der Waals surface area contributed by atoms with Gasteiger partial charge in [-0.3, -0.25) is 4.90 Å². The van der Waals surface area contributed by atoms with Gasteiger partial charge in [0.2, 0.25) is 0 Å². The summed E-state index contributed by atoms with van der Waals surface area (Å²) in [6, 6.07) is 1.35. The lowest BCUT2D eigenvalue weighted by Gasteiger charge is -2.40. The molecule has 3 heteroatoms. The molecular formula is C12H24N2O. The van der Waals surface area contributed by atoms with E-state index in [1.807, 2.05) is 0 Å². The van der Waals surface area contributed by atoms with Gasteiger partial charge in [-0.1, -0.05) is 0 Å². The second-order valence-corrected chi connectivity index (χ2v) is 5.17. The van der Waals surface area contributed by atoms with E-state index in [-0.39, 0.29) is 0 Å². The number of ether oxygens (including phenoxy) is 1. The van der Waals surface area contributed by atoms with Crippen LogP contribution in [0, 0.1) is 5.92 Å². The maximum absolute atomic E-state index is 5.41. The quantitative estimate of drug-likeness (QED) is 0.742. The van der Waals surface area contributed by atoms with E-state index in [1.165, 1.54) is 25.9 Å². The van der Waals surface area contributed by atoms with Crippen molar-refractivity contribution >= 4 is 0 Å². The van der Waals surface area contributed by atoms with E-state index in [9.17, 15) is 0 Å². The van der Waals surface area contributed by atoms with E-state index in [2.05, 4.69) is 24.1 Å². The molecule has 0 radical (unpaired) electrons. The average molecular weight is 212 g/mol. The van der Waals surface area contributed by atoms with E-state index in [0.29, 0.717) is 12.1 Å². The van der Waals surface area contributed by atoms with Crippen molar-refractivity contribution in [1.29, 1.82) is 0 Å². The molecule has 1 unspecified atom stereocenters. The van der Waals surface area contributed by atoms with Crippen LogP contribution >= 0.6 is 0 Å². The predicted octanol–water partition coefficient (Wildman–Crippen LogP) is 1.10. The van der Waals surface area contributed by atoms with Crippen molar-refractivity contribution in [2.45, 2.75) is 38.8 Å². The van der Waals surface area contributed by atoms with Gasteiger partial charge in [0, 0.05) is 44.9 Å². The Bertz CT molecular complexity index is 192. The van der Waals surface area contributed by atoms with E-state index in [4.69, 9.17) is 4.74 Å². The van der Waals surface area contributed by atoms with E-state index < -0.39 is 0 Å². The highest BCUT2D eigenvalue weighted by Gasteiger charge is 2.25. The number of hydrogen-bond acceptors (Lipinski definition) is 3. The SMILES string of the molecule is CC1CN[C@@H](C)CN1CC1CCOCC1. The molecule has 2 aliphatic rings. The van der Waals surface area contributed by atoms with Gasteiger partial charge in [-0.25, -0.2) is 0 Å². The Labute approximate surface area is 93.2 Å². The fraction of sp³-hybridized carbons (Fsp3) is 1.00. The predicted molar refractivity (Wildman–Crippen MR) is 62.0 cm³/mol. The Kier molecular flexibility index (Phi) is 4.00. The van der Waals surface area contributed by atoms with Crippen molar-refractivity contribution in [2.75, 3.05) is 32.8 Å². The molecule has 0 aromatic rings. The average Bonchev–Trinajstić information content (AvgIpc) is 2.25. The van der Waals surface area contributed by atoms with Crippen LogP contribution in [-0.4, -0.2) is 49.8 Å². The molecule has 1 N–H and O–H groups in total. The number of rotatable bonds is 2. The zero-order valence-electron chi connectivity index (χ0n) is 10.0. The molecule has 0 aromatic carbocycles. The van der Waals surface area contributed by atoms with Crippen LogP contribution in [-0.2, 0) is 4.74 Å². The van der Waals surface area contributed by atoms with Crippen molar-refractivity contribution < 1.29 is 4.74 Å². The van der Waals surface area contributed by atoms with Crippen LogP contribution in [0.2, 0.25) is 0 Å². The van der Waals surface area contributed by atoms with Gasteiger partial charge in [0.25, 0.3) is 0 Å². The fourth-order valence-electron chi connectivity index (χ4n) is 2.61. The van der Waals surface area contributed by atoms with E-state index in [1.54, 1.807) is 0 Å². The van der Waals surface area contributed by atoms with Crippen molar-refractivity contribution in [3.63, 3.8) is 0 Å². The summed E-state index contributed by atoms with van der Waals surface area (Å²) < 4.78 is 5.41. The molecule has 0 aliphatic carbocycles. The molecule has 88 valence electrons. The van der Waals surface area contributed by atoms with Crippen LogP contribution in [0.4, 0.5) is 0 Å². The number of nitrogens with one attached hydrogen (secondary N) is 1. The van der Waals surface area contributed by atoms with Gasteiger partial charge < -0.3 is 10.1 Å². The molecule has 3 nitrogen and oxygen atoms in total. The third-order valence-corrected chi connectivity index (χ3v) is 3.73. The fourth-order valence-corrected chi connectivity index (χ4v) is 2.61. The lowest BCUT2D eigenvalue weighted by molar-refractivity contribution is 0.0390. The first-order valence-corrected chi connectivity index (χ1v) is 6.31. The number of piperazine rings is 1. The molecule has 0 spiro atoms. The smallest absolute Gasteiger partial charge is 0.0469 e. The van der Waals surface area contributed by atoms with Crippen molar-refractivity contribution in [3.8, 4) is 0 Å². The molecule has 2 atom stereocenters. The number of nitrogens with zero attached hydrogens (tertiary/aromatic N) is 1. The largest absolute Gasteiger partial charge is 0.381 e. The minimum Gasteiger partial charge on any atom is -0.381 e. The summed E-state index contributed by atoms with van der Waals surface area (Å²) in [6.45, 7) is 10.2. The van der Waals surface area contributed by atoms with Crippen LogP contribution in [0.15, 0.2) is 0 Å². The molecule has 0 saturated carbocycles. The maximum atomic E-state index is 5.41. The topological polar surface area (TPSA) is 24.5 Å². The van der Waals surface area contributed by atoms with Crippen molar-refractivity contribution in [3.05, 3.63) is 0 Å². The van der Waals surface area contributed by atoms with Gasteiger partial charge in [-0.15, -0.1) is 0 Å². The highest BCUT2D eigenvalue weighted by Crippen LogP contribution is 2.18. The van der Waals surface area contributed by atoms with Gasteiger partial charge in [0.15, 0.2) is 0 Å². The minimum absolute atomic E-state index is 0.654. The van der Waals surface area contributed by atoms with Gasteiger partial charge >= 0.3 is 0 Å². The van der Waals surface area contributed by atoms with Crippen LogP contribution in [0.3, 0.4) is 0 Å². The van der Waals surface area contributed by atoms with Gasteiger partial charge in [0.1, 0.15) is 0 Å². The molecule has 2 rings (SSSR count). The van der Waals surface area contributed by atoms with Crippen molar-refractivity contribution in [2.24, 2.45) is 5.92 Å². The van der Waals surface area contributed by atoms with Crippen LogP contribution in [0.25, 0.3) is 0 Å². The second kappa shape index (κ2) is 5.28. The molecule has 0 aromatic heterocycles. The molecule has 2 saturated heterocycles. The first-order chi connectivity index (χ1) is 7.25. The third-order valence-electron chi connectivity index (χ3n) is 3.73. The Balaban J connectivity index is 1.80. The normalized spacial score (nSPS) is 35.6. The zero-order chi connectivity index (χ0) is 10.7. The minimum atomic E-state index is 0.654. The van der Waals surface area contributed by atoms with E-state index in [0.717, 1.165) is 25.7 Å². The first-order valence-electron chi connectivity index (χ1n) is 6.31. The summed E-state index contributed by atoms with van der Waals surface area (Å²) in [4.78, 5) is 2.65.